The van der Waals surface area contributed by atoms with Crippen molar-refractivity contribution in [2.75, 3.05) is 26.4 Å². The molecule has 172 valence electrons. The summed E-state index contributed by atoms with van der Waals surface area (Å²) in [6, 6.07) is 0. The van der Waals surface area contributed by atoms with E-state index in [1.165, 1.54) is 77.0 Å². The first kappa shape index (κ1) is 27.9. The highest BCUT2D eigenvalue weighted by atomic mass is 16.6. The van der Waals surface area contributed by atoms with Crippen LogP contribution in [0.25, 0.3) is 0 Å². The van der Waals surface area contributed by atoms with Gasteiger partial charge in [0.25, 0.3) is 0 Å². The van der Waals surface area contributed by atoms with Crippen molar-refractivity contribution < 1.29 is 23.8 Å². The van der Waals surface area contributed by atoms with E-state index in [1.807, 2.05) is 0 Å². The SMILES string of the molecule is CCCCCCCCCCCCCOC(=O)COCC(=O)OCCCCCCC. The molecule has 0 radical (unpaired) electrons. The standard InChI is InChI=1S/C24H46O5/c1-3-5-7-9-10-11-12-13-14-16-18-20-29-24(26)22-27-21-23(25)28-19-17-15-8-6-4-2/h3-22H2,1-2H3. The summed E-state index contributed by atoms with van der Waals surface area (Å²) in [5, 5.41) is 0. The molecule has 0 N–H and O–H groups in total. The topological polar surface area (TPSA) is 61.8 Å². The van der Waals surface area contributed by atoms with E-state index in [0.717, 1.165) is 25.7 Å². The lowest BCUT2D eigenvalue weighted by Gasteiger charge is -2.07. The molecule has 0 unspecified atom stereocenters. The number of esters is 2. The molecule has 0 fully saturated rings. The van der Waals surface area contributed by atoms with Crippen molar-refractivity contribution in [1.82, 2.24) is 0 Å². The van der Waals surface area contributed by atoms with Crippen LogP contribution in [0.3, 0.4) is 0 Å². The van der Waals surface area contributed by atoms with Crippen molar-refractivity contribution >= 4 is 11.9 Å². The average molecular weight is 415 g/mol. The summed E-state index contributed by atoms with van der Waals surface area (Å²) in [5.74, 6) is -0.830. The molecule has 0 atom stereocenters. The predicted molar refractivity (Wildman–Crippen MR) is 118 cm³/mol. The third-order valence-electron chi connectivity index (χ3n) is 4.96. The monoisotopic (exact) mass is 414 g/mol. The Kier molecular flexibility index (Phi) is 22.3. The molecule has 0 amide bonds. The molecule has 0 saturated heterocycles. The van der Waals surface area contributed by atoms with E-state index in [4.69, 9.17) is 14.2 Å². The van der Waals surface area contributed by atoms with Crippen molar-refractivity contribution in [2.24, 2.45) is 0 Å². The lowest BCUT2D eigenvalue weighted by molar-refractivity contribution is -0.155. The van der Waals surface area contributed by atoms with Gasteiger partial charge in [-0.2, -0.15) is 0 Å². The molecule has 29 heavy (non-hydrogen) atoms. The van der Waals surface area contributed by atoms with E-state index >= 15 is 0 Å². The molecule has 5 nitrogen and oxygen atoms in total. The summed E-state index contributed by atoms with van der Waals surface area (Å²) in [6.45, 7) is 4.89. The number of rotatable bonds is 22. The molecule has 0 heterocycles. The van der Waals surface area contributed by atoms with E-state index in [0.29, 0.717) is 13.2 Å². The Labute approximate surface area is 179 Å². The fourth-order valence-electron chi connectivity index (χ4n) is 3.14. The fourth-order valence-corrected chi connectivity index (χ4v) is 3.14. The van der Waals surface area contributed by atoms with E-state index < -0.39 is 11.9 Å². The van der Waals surface area contributed by atoms with Crippen molar-refractivity contribution in [2.45, 2.75) is 117 Å². The molecule has 0 bridgehead atoms. The normalized spacial score (nSPS) is 10.8. The van der Waals surface area contributed by atoms with Crippen molar-refractivity contribution in [3.8, 4) is 0 Å². The first-order valence-corrected chi connectivity index (χ1v) is 12.1. The molecule has 0 aliphatic heterocycles. The van der Waals surface area contributed by atoms with Crippen LogP contribution in [0.15, 0.2) is 0 Å². The number of carbonyl (C=O) groups is 2. The molecule has 0 aliphatic rings. The van der Waals surface area contributed by atoms with Crippen LogP contribution in [-0.4, -0.2) is 38.4 Å². The van der Waals surface area contributed by atoms with E-state index in [-0.39, 0.29) is 13.2 Å². The molecular weight excluding hydrogens is 368 g/mol. The van der Waals surface area contributed by atoms with Gasteiger partial charge >= 0.3 is 11.9 Å². The predicted octanol–water partition coefficient (Wildman–Crippen LogP) is 6.37. The number of hydrogen-bond donors (Lipinski definition) is 0. The van der Waals surface area contributed by atoms with Crippen LogP contribution in [-0.2, 0) is 23.8 Å². The zero-order chi connectivity index (χ0) is 21.4. The minimum Gasteiger partial charge on any atom is -0.464 e. The van der Waals surface area contributed by atoms with Crippen LogP contribution >= 0.6 is 0 Å². The molecular formula is C24H46O5. The van der Waals surface area contributed by atoms with Crippen LogP contribution in [0.2, 0.25) is 0 Å². The average Bonchev–Trinajstić information content (AvgIpc) is 2.71. The van der Waals surface area contributed by atoms with E-state index in [2.05, 4.69) is 13.8 Å². The summed E-state index contributed by atoms with van der Waals surface area (Å²) in [7, 11) is 0. The first-order chi connectivity index (χ1) is 14.2. The third kappa shape index (κ3) is 23.0. The maximum atomic E-state index is 11.6. The summed E-state index contributed by atoms with van der Waals surface area (Å²) in [4.78, 5) is 23.1. The Hall–Kier alpha value is -1.10. The van der Waals surface area contributed by atoms with Crippen molar-refractivity contribution in [3.63, 3.8) is 0 Å². The van der Waals surface area contributed by atoms with Crippen molar-refractivity contribution in [3.05, 3.63) is 0 Å². The van der Waals surface area contributed by atoms with Crippen LogP contribution in [0.4, 0.5) is 0 Å². The summed E-state index contributed by atoms with van der Waals surface area (Å²) in [5.41, 5.74) is 0. The van der Waals surface area contributed by atoms with E-state index in [1.54, 1.807) is 0 Å². The minimum absolute atomic E-state index is 0.191. The lowest BCUT2D eigenvalue weighted by atomic mass is 10.1. The summed E-state index contributed by atoms with van der Waals surface area (Å²) >= 11 is 0. The Balaban J connectivity index is 3.28. The van der Waals surface area contributed by atoms with Gasteiger partial charge in [0.05, 0.1) is 13.2 Å². The van der Waals surface area contributed by atoms with Gasteiger partial charge in [0.2, 0.25) is 0 Å². The van der Waals surface area contributed by atoms with Crippen LogP contribution in [0, 0.1) is 0 Å². The van der Waals surface area contributed by atoms with Crippen LogP contribution in [0.1, 0.15) is 117 Å². The number of unbranched alkanes of at least 4 members (excludes halogenated alkanes) is 14. The second-order valence-corrected chi connectivity index (χ2v) is 7.88. The van der Waals surface area contributed by atoms with Gasteiger partial charge in [-0.1, -0.05) is 104 Å². The van der Waals surface area contributed by atoms with Gasteiger partial charge in [0.1, 0.15) is 13.2 Å². The van der Waals surface area contributed by atoms with Gasteiger partial charge < -0.3 is 14.2 Å². The van der Waals surface area contributed by atoms with Crippen LogP contribution < -0.4 is 0 Å². The molecule has 0 saturated carbocycles. The molecule has 0 aromatic rings. The highest BCUT2D eigenvalue weighted by Crippen LogP contribution is 2.11. The zero-order valence-corrected chi connectivity index (χ0v) is 19.2. The Bertz CT molecular complexity index is 370. The molecule has 0 aromatic heterocycles. The highest BCUT2D eigenvalue weighted by Gasteiger charge is 2.07. The molecule has 0 aliphatic carbocycles. The Morgan fingerprint density at radius 3 is 1.14 bits per heavy atom. The maximum absolute atomic E-state index is 11.6. The largest absolute Gasteiger partial charge is 0.464 e. The molecule has 0 rings (SSSR count). The van der Waals surface area contributed by atoms with Gasteiger partial charge in [-0.25, -0.2) is 9.59 Å². The van der Waals surface area contributed by atoms with Gasteiger partial charge in [0, 0.05) is 0 Å². The van der Waals surface area contributed by atoms with Gasteiger partial charge in [-0.05, 0) is 12.8 Å². The number of hydrogen-bond acceptors (Lipinski definition) is 5. The summed E-state index contributed by atoms with van der Waals surface area (Å²) in [6.07, 6.45) is 19.5. The second-order valence-electron chi connectivity index (χ2n) is 7.88. The third-order valence-corrected chi connectivity index (χ3v) is 4.96. The molecule has 0 spiro atoms. The smallest absolute Gasteiger partial charge is 0.332 e. The van der Waals surface area contributed by atoms with E-state index in [9.17, 15) is 9.59 Å². The van der Waals surface area contributed by atoms with Crippen molar-refractivity contribution in [1.29, 1.82) is 0 Å². The first-order valence-electron chi connectivity index (χ1n) is 12.1. The summed E-state index contributed by atoms with van der Waals surface area (Å²) < 4.78 is 15.3. The van der Waals surface area contributed by atoms with Gasteiger partial charge in [-0.15, -0.1) is 0 Å². The highest BCUT2D eigenvalue weighted by molar-refractivity contribution is 5.73. The number of ether oxygens (including phenoxy) is 3. The minimum atomic E-state index is -0.418. The van der Waals surface area contributed by atoms with Gasteiger partial charge in [-0.3, -0.25) is 0 Å². The van der Waals surface area contributed by atoms with Crippen LogP contribution in [0.5, 0.6) is 0 Å². The van der Waals surface area contributed by atoms with Gasteiger partial charge in [0.15, 0.2) is 0 Å². The Morgan fingerprint density at radius 2 is 0.793 bits per heavy atom. The zero-order valence-electron chi connectivity index (χ0n) is 19.2. The number of carbonyl (C=O) groups excluding carboxylic acids is 2. The Morgan fingerprint density at radius 1 is 0.483 bits per heavy atom. The fraction of sp³-hybridized carbons (Fsp3) is 0.917. The quantitative estimate of drug-likeness (QED) is 0.152. The second kappa shape index (κ2) is 23.2. The molecule has 0 aromatic carbocycles. The lowest BCUT2D eigenvalue weighted by Crippen LogP contribution is -2.19. The maximum Gasteiger partial charge on any atom is 0.332 e. The molecule has 5 heteroatoms.